The van der Waals surface area contributed by atoms with Gasteiger partial charge in [-0.1, -0.05) is 46.1 Å². The predicted octanol–water partition coefficient (Wildman–Crippen LogP) is 7.46. The lowest BCUT2D eigenvalue weighted by Gasteiger charge is -2.59. The van der Waals surface area contributed by atoms with Gasteiger partial charge in [-0.15, -0.1) is 0 Å². The molecule has 4 aliphatic rings. The van der Waals surface area contributed by atoms with E-state index >= 15 is 0 Å². The van der Waals surface area contributed by atoms with Crippen molar-refractivity contribution >= 4 is 5.57 Å². The molecule has 1 aromatic heterocycles. The Bertz CT molecular complexity index is 763. The van der Waals surface area contributed by atoms with Crippen LogP contribution in [0, 0.1) is 34.5 Å². The molecule has 4 aliphatic carbocycles. The molecule has 0 aromatic carbocycles. The molecular weight excluding hydrogens is 338 g/mol. The highest BCUT2D eigenvalue weighted by atomic mass is 14.6. The van der Waals surface area contributed by atoms with Crippen molar-refractivity contribution in [3.63, 3.8) is 0 Å². The number of fused-ring (bicyclic) bond motifs is 5. The molecule has 1 heterocycles. The van der Waals surface area contributed by atoms with Crippen LogP contribution in [0.2, 0.25) is 0 Å². The second kappa shape index (κ2) is 6.99. The van der Waals surface area contributed by atoms with Crippen LogP contribution in [0.3, 0.4) is 0 Å². The van der Waals surface area contributed by atoms with Gasteiger partial charge in [0.05, 0.1) is 0 Å². The second-order valence-electron chi connectivity index (χ2n) is 11.0. The third kappa shape index (κ3) is 2.75. The summed E-state index contributed by atoms with van der Waals surface area (Å²) in [5, 5.41) is 0. The molecule has 0 saturated heterocycles. The molecule has 0 amide bonds. The summed E-state index contributed by atoms with van der Waals surface area (Å²) in [6, 6.07) is 2.42. The highest BCUT2D eigenvalue weighted by Crippen LogP contribution is 2.67. The summed E-state index contributed by atoms with van der Waals surface area (Å²) >= 11 is 0. The van der Waals surface area contributed by atoms with Gasteiger partial charge in [-0.25, -0.2) is 0 Å². The molecule has 0 N–H and O–H groups in total. The lowest BCUT2D eigenvalue weighted by atomic mass is 9.46. The van der Waals surface area contributed by atoms with E-state index < -0.39 is 0 Å². The zero-order valence-electron chi connectivity index (χ0n) is 18.3. The number of nitrogens with zero attached hydrogens (tertiary/aromatic N) is 1. The van der Waals surface area contributed by atoms with Crippen molar-refractivity contribution < 1.29 is 0 Å². The molecule has 3 saturated carbocycles. The van der Waals surface area contributed by atoms with Gasteiger partial charge in [0.2, 0.25) is 0 Å². The Kier molecular flexibility index (Phi) is 4.72. The fourth-order valence-electron chi connectivity index (χ4n) is 8.32. The number of hydrogen-bond donors (Lipinski definition) is 0. The smallest absolute Gasteiger partial charge is 0.0343 e. The standard InChI is InChI=1S/C27H39N/c1-4-19-16-20(18-28-17-19)23-11-12-24-22-10-9-21-8-6-5-7-14-26(21,2)25(22)13-15-27(23,24)3/h11,16-18,21-22,24-25H,4-10,12-15H2,1-3H3/t21-,22+,24+,25+,26+,27-/m1/s1. The molecule has 0 unspecified atom stereocenters. The first-order valence-corrected chi connectivity index (χ1v) is 12.2. The van der Waals surface area contributed by atoms with Crippen molar-refractivity contribution in [1.82, 2.24) is 4.98 Å². The van der Waals surface area contributed by atoms with Crippen LogP contribution in [0.25, 0.3) is 5.57 Å². The van der Waals surface area contributed by atoms with Gasteiger partial charge in [-0.2, -0.15) is 0 Å². The summed E-state index contributed by atoms with van der Waals surface area (Å²) in [5.74, 6) is 3.82. The summed E-state index contributed by atoms with van der Waals surface area (Å²) in [4.78, 5) is 4.58. The van der Waals surface area contributed by atoms with Gasteiger partial charge < -0.3 is 0 Å². The third-order valence-corrected chi connectivity index (χ3v) is 9.93. The molecule has 5 rings (SSSR count). The van der Waals surface area contributed by atoms with Crippen molar-refractivity contribution in [2.75, 3.05) is 0 Å². The first-order chi connectivity index (χ1) is 13.6. The van der Waals surface area contributed by atoms with E-state index in [2.05, 4.69) is 44.1 Å². The van der Waals surface area contributed by atoms with Crippen molar-refractivity contribution in [3.8, 4) is 0 Å². The molecule has 3 fully saturated rings. The Morgan fingerprint density at radius 2 is 1.86 bits per heavy atom. The largest absolute Gasteiger partial charge is 0.264 e. The van der Waals surface area contributed by atoms with E-state index in [0.717, 1.165) is 30.1 Å². The van der Waals surface area contributed by atoms with E-state index in [1.54, 1.807) is 5.57 Å². The summed E-state index contributed by atoms with van der Waals surface area (Å²) in [6.45, 7) is 7.55. The van der Waals surface area contributed by atoms with Gasteiger partial charge in [0.25, 0.3) is 0 Å². The second-order valence-corrected chi connectivity index (χ2v) is 11.0. The minimum Gasteiger partial charge on any atom is -0.264 e. The molecule has 28 heavy (non-hydrogen) atoms. The van der Waals surface area contributed by atoms with Crippen LogP contribution in [-0.4, -0.2) is 4.98 Å². The van der Waals surface area contributed by atoms with Crippen LogP contribution in [0.4, 0.5) is 0 Å². The average molecular weight is 378 g/mol. The maximum Gasteiger partial charge on any atom is 0.0343 e. The first-order valence-electron chi connectivity index (χ1n) is 12.2. The molecule has 0 aliphatic heterocycles. The van der Waals surface area contributed by atoms with Gasteiger partial charge in [0.15, 0.2) is 0 Å². The lowest BCUT2D eigenvalue weighted by molar-refractivity contribution is -0.0808. The summed E-state index contributed by atoms with van der Waals surface area (Å²) < 4.78 is 0. The van der Waals surface area contributed by atoms with E-state index in [9.17, 15) is 0 Å². The average Bonchev–Trinajstić information content (AvgIpc) is 2.94. The molecule has 0 bridgehead atoms. The van der Waals surface area contributed by atoms with Crippen LogP contribution in [0.5, 0.6) is 0 Å². The summed E-state index contributed by atoms with van der Waals surface area (Å²) in [5.41, 5.74) is 5.44. The van der Waals surface area contributed by atoms with Crippen molar-refractivity contribution in [3.05, 3.63) is 35.7 Å². The van der Waals surface area contributed by atoms with E-state index in [0.29, 0.717) is 10.8 Å². The fourth-order valence-corrected chi connectivity index (χ4v) is 8.32. The quantitative estimate of drug-likeness (QED) is 0.521. The first kappa shape index (κ1) is 18.9. The van der Waals surface area contributed by atoms with Crippen LogP contribution in [0.15, 0.2) is 24.5 Å². The van der Waals surface area contributed by atoms with Crippen molar-refractivity contribution in [2.45, 2.75) is 91.4 Å². The molecule has 0 radical (unpaired) electrons. The maximum atomic E-state index is 4.58. The monoisotopic (exact) mass is 377 g/mol. The maximum absolute atomic E-state index is 4.58. The lowest BCUT2D eigenvalue weighted by Crippen LogP contribution is -2.51. The van der Waals surface area contributed by atoms with Crippen molar-refractivity contribution in [1.29, 1.82) is 0 Å². The van der Waals surface area contributed by atoms with Gasteiger partial charge in [-0.3, -0.25) is 4.98 Å². The van der Waals surface area contributed by atoms with Gasteiger partial charge >= 0.3 is 0 Å². The van der Waals surface area contributed by atoms with Crippen molar-refractivity contribution in [2.24, 2.45) is 34.5 Å². The summed E-state index contributed by atoms with van der Waals surface area (Å²) in [7, 11) is 0. The Hall–Kier alpha value is -1.11. The van der Waals surface area contributed by atoms with E-state index in [4.69, 9.17) is 0 Å². The minimum absolute atomic E-state index is 0.378. The van der Waals surface area contributed by atoms with Gasteiger partial charge in [-0.05, 0) is 109 Å². The predicted molar refractivity (Wildman–Crippen MR) is 118 cm³/mol. The Morgan fingerprint density at radius 3 is 2.71 bits per heavy atom. The molecular formula is C27H39N. The van der Waals surface area contributed by atoms with Crippen LogP contribution in [0.1, 0.15) is 96.1 Å². The number of hydrogen-bond acceptors (Lipinski definition) is 1. The Labute approximate surface area is 172 Å². The Morgan fingerprint density at radius 1 is 0.964 bits per heavy atom. The molecule has 1 aromatic rings. The van der Waals surface area contributed by atoms with E-state index in [-0.39, 0.29) is 0 Å². The van der Waals surface area contributed by atoms with Gasteiger partial charge in [0, 0.05) is 12.4 Å². The SMILES string of the molecule is CCc1cncc(C2=CC[C@H]3[C@@H]4CC[C@H]5CCCCC[C@]5(C)[C@H]4CC[C@]23C)c1. The molecule has 1 nitrogen and oxygen atoms in total. The topological polar surface area (TPSA) is 12.9 Å². The highest BCUT2D eigenvalue weighted by Gasteiger charge is 2.57. The zero-order valence-corrected chi connectivity index (χ0v) is 18.3. The zero-order chi connectivity index (χ0) is 19.4. The number of aromatic nitrogens is 1. The van der Waals surface area contributed by atoms with E-state index in [1.165, 1.54) is 75.3 Å². The van der Waals surface area contributed by atoms with E-state index in [1.807, 2.05) is 6.20 Å². The minimum atomic E-state index is 0.378. The Balaban J connectivity index is 1.44. The normalized spacial score (nSPS) is 42.8. The fraction of sp³-hybridized carbons (Fsp3) is 0.741. The third-order valence-electron chi connectivity index (χ3n) is 9.93. The summed E-state index contributed by atoms with van der Waals surface area (Å²) in [6.07, 6.45) is 22.5. The number of allylic oxidation sites excluding steroid dienone is 2. The molecule has 6 atom stereocenters. The van der Waals surface area contributed by atoms with Gasteiger partial charge in [0.1, 0.15) is 0 Å². The molecule has 0 spiro atoms. The van der Waals surface area contributed by atoms with Crippen LogP contribution >= 0.6 is 0 Å². The number of aryl methyl sites for hydroxylation is 1. The molecule has 1 heteroatoms. The van der Waals surface area contributed by atoms with Crippen LogP contribution < -0.4 is 0 Å². The number of rotatable bonds is 2. The highest BCUT2D eigenvalue weighted by molar-refractivity contribution is 5.72. The molecule has 152 valence electrons. The number of pyridine rings is 1. The van der Waals surface area contributed by atoms with Crippen LogP contribution in [-0.2, 0) is 6.42 Å².